The number of carbonyl (C=O) groups excluding carboxylic acids is 3. The van der Waals surface area contributed by atoms with E-state index in [2.05, 4.69) is 0 Å². The molecule has 1 fully saturated rings. The zero-order valence-corrected chi connectivity index (χ0v) is 10.8. The van der Waals surface area contributed by atoms with Crippen LogP contribution in [0.3, 0.4) is 0 Å². The third-order valence-corrected chi connectivity index (χ3v) is 2.25. The smallest absolute Gasteiger partial charge is 0.305 e. The first kappa shape index (κ1) is 15.4. The lowest BCUT2D eigenvalue weighted by molar-refractivity contribution is -0.263. The van der Waals surface area contributed by atoms with Crippen LogP contribution in [0.2, 0.25) is 0 Å². The van der Waals surface area contributed by atoms with Crippen LogP contribution < -0.4 is 0 Å². The largest absolute Gasteiger partial charge is 0.455 e. The number of hydrogen-bond acceptors (Lipinski definition) is 7. The van der Waals surface area contributed by atoms with Crippen molar-refractivity contribution >= 4 is 17.9 Å². The van der Waals surface area contributed by atoms with Crippen molar-refractivity contribution < 1.29 is 37.7 Å². The van der Waals surface area contributed by atoms with Crippen molar-refractivity contribution in [2.24, 2.45) is 0 Å². The van der Waals surface area contributed by atoms with Gasteiger partial charge in [-0.15, -0.1) is 0 Å². The summed E-state index contributed by atoms with van der Waals surface area (Å²) in [6, 6.07) is 0. The molecule has 0 aromatic heterocycles. The second kappa shape index (κ2) is 6.46. The van der Waals surface area contributed by atoms with E-state index >= 15 is 0 Å². The minimum atomic E-state index is -1.68. The lowest BCUT2D eigenvalue weighted by Crippen LogP contribution is -2.56. The maximum absolute atomic E-state index is 13.7. The van der Waals surface area contributed by atoms with Crippen molar-refractivity contribution in [2.75, 3.05) is 6.61 Å². The van der Waals surface area contributed by atoms with Gasteiger partial charge in [-0.3, -0.25) is 14.4 Å². The van der Waals surface area contributed by atoms with Crippen LogP contribution >= 0.6 is 0 Å². The topological polar surface area (TPSA) is 88.1 Å². The zero-order valence-electron chi connectivity index (χ0n) is 10.8. The van der Waals surface area contributed by atoms with E-state index < -0.39 is 49.2 Å². The molecule has 7 nitrogen and oxygen atoms in total. The van der Waals surface area contributed by atoms with Crippen LogP contribution in [0.4, 0.5) is 4.39 Å². The summed E-state index contributed by atoms with van der Waals surface area (Å²) in [7, 11) is 0. The van der Waals surface area contributed by atoms with Gasteiger partial charge in [0.25, 0.3) is 0 Å². The van der Waals surface area contributed by atoms with Gasteiger partial charge in [-0.25, -0.2) is 4.39 Å². The van der Waals surface area contributed by atoms with E-state index in [1.807, 2.05) is 0 Å². The lowest BCUT2D eigenvalue weighted by Gasteiger charge is -2.37. The number of rotatable bonds is 3. The SMILES string of the molecule is CC(=O)OC1OCC(F)C(OC(C)=O)C1OC(C)=O. The van der Waals surface area contributed by atoms with Gasteiger partial charge in [0, 0.05) is 20.8 Å². The van der Waals surface area contributed by atoms with Crippen LogP contribution in [0, 0.1) is 0 Å². The molecule has 19 heavy (non-hydrogen) atoms. The van der Waals surface area contributed by atoms with Crippen molar-refractivity contribution in [1.29, 1.82) is 0 Å². The summed E-state index contributed by atoms with van der Waals surface area (Å²) < 4.78 is 33.0. The van der Waals surface area contributed by atoms with Gasteiger partial charge in [0.2, 0.25) is 12.4 Å². The number of hydrogen-bond donors (Lipinski definition) is 0. The predicted octanol–water partition coefficient (Wildman–Crippen LogP) is 0.107. The Morgan fingerprint density at radius 3 is 1.89 bits per heavy atom. The molecule has 0 radical (unpaired) electrons. The highest BCUT2D eigenvalue weighted by Crippen LogP contribution is 2.24. The van der Waals surface area contributed by atoms with Gasteiger partial charge in [-0.2, -0.15) is 0 Å². The highest BCUT2D eigenvalue weighted by atomic mass is 19.1. The summed E-state index contributed by atoms with van der Waals surface area (Å²) in [6.45, 7) is 2.87. The fourth-order valence-electron chi connectivity index (χ4n) is 1.65. The normalized spacial score (nSPS) is 30.3. The molecule has 0 spiro atoms. The van der Waals surface area contributed by atoms with Crippen molar-refractivity contribution in [1.82, 2.24) is 0 Å². The molecule has 0 bridgehead atoms. The molecule has 0 aliphatic carbocycles. The van der Waals surface area contributed by atoms with Crippen molar-refractivity contribution in [3.8, 4) is 0 Å². The maximum atomic E-state index is 13.7. The molecule has 1 aliphatic heterocycles. The number of alkyl halides is 1. The zero-order chi connectivity index (χ0) is 14.6. The van der Waals surface area contributed by atoms with E-state index in [4.69, 9.17) is 18.9 Å². The number of halogens is 1. The highest BCUT2D eigenvalue weighted by molar-refractivity contribution is 5.68. The van der Waals surface area contributed by atoms with Crippen LogP contribution in [-0.4, -0.2) is 49.2 Å². The Kier molecular flexibility index (Phi) is 5.22. The fourth-order valence-corrected chi connectivity index (χ4v) is 1.65. The third-order valence-electron chi connectivity index (χ3n) is 2.25. The number of esters is 3. The monoisotopic (exact) mass is 278 g/mol. The molecule has 4 atom stereocenters. The maximum Gasteiger partial charge on any atom is 0.305 e. The first-order valence-electron chi connectivity index (χ1n) is 5.58. The Balaban J connectivity index is 2.89. The van der Waals surface area contributed by atoms with E-state index in [0.29, 0.717) is 0 Å². The molecule has 0 aromatic carbocycles. The molecule has 8 heteroatoms. The van der Waals surface area contributed by atoms with Gasteiger partial charge in [0.05, 0.1) is 6.61 Å². The van der Waals surface area contributed by atoms with E-state index in [9.17, 15) is 18.8 Å². The molecule has 0 saturated carbocycles. The summed E-state index contributed by atoms with van der Waals surface area (Å²) in [4.78, 5) is 32.8. The molecule has 108 valence electrons. The van der Waals surface area contributed by atoms with E-state index in [-0.39, 0.29) is 0 Å². The van der Waals surface area contributed by atoms with E-state index in [1.165, 1.54) is 0 Å². The van der Waals surface area contributed by atoms with Gasteiger partial charge in [-0.1, -0.05) is 0 Å². The Labute approximate surface area is 108 Å². The van der Waals surface area contributed by atoms with Gasteiger partial charge < -0.3 is 18.9 Å². The Bertz CT molecular complexity index is 370. The molecule has 0 aromatic rings. The molecule has 0 amide bonds. The minimum absolute atomic E-state index is 0.437. The molecule has 4 unspecified atom stereocenters. The fraction of sp³-hybridized carbons (Fsp3) is 0.727. The van der Waals surface area contributed by atoms with Crippen LogP contribution in [0.15, 0.2) is 0 Å². The second-order valence-electron chi connectivity index (χ2n) is 3.98. The minimum Gasteiger partial charge on any atom is -0.455 e. The van der Waals surface area contributed by atoms with Crippen molar-refractivity contribution in [3.63, 3.8) is 0 Å². The summed E-state index contributed by atoms with van der Waals surface area (Å²) in [5.41, 5.74) is 0. The van der Waals surface area contributed by atoms with Gasteiger partial charge in [-0.05, 0) is 0 Å². The summed E-state index contributed by atoms with van der Waals surface area (Å²) in [6.07, 6.45) is -5.70. The average Bonchev–Trinajstić information content (AvgIpc) is 2.25. The average molecular weight is 278 g/mol. The molecule has 1 rings (SSSR count). The van der Waals surface area contributed by atoms with Crippen LogP contribution in [0.1, 0.15) is 20.8 Å². The molecule has 1 saturated heterocycles. The van der Waals surface area contributed by atoms with Crippen LogP contribution in [-0.2, 0) is 33.3 Å². The molecule has 1 aliphatic rings. The third kappa shape index (κ3) is 4.47. The number of carbonyl (C=O) groups is 3. The highest BCUT2D eigenvalue weighted by Gasteiger charge is 2.47. The second-order valence-corrected chi connectivity index (χ2v) is 3.98. The molecular weight excluding hydrogens is 263 g/mol. The number of ether oxygens (including phenoxy) is 4. The first-order chi connectivity index (χ1) is 8.81. The Morgan fingerprint density at radius 1 is 0.947 bits per heavy atom. The standard InChI is InChI=1S/C11H15FO7/c1-5(13)17-9-8(12)4-16-11(19-7(3)15)10(9)18-6(2)14/h8-11H,4H2,1-3H3. The van der Waals surface area contributed by atoms with Gasteiger partial charge in [0.1, 0.15) is 0 Å². The van der Waals surface area contributed by atoms with E-state index in [1.54, 1.807) is 0 Å². The Hall–Kier alpha value is -1.70. The van der Waals surface area contributed by atoms with Crippen LogP contribution in [0.5, 0.6) is 0 Å². The van der Waals surface area contributed by atoms with E-state index in [0.717, 1.165) is 20.8 Å². The Morgan fingerprint density at radius 2 is 1.42 bits per heavy atom. The van der Waals surface area contributed by atoms with Crippen LogP contribution in [0.25, 0.3) is 0 Å². The molecular formula is C11H15FO7. The summed E-state index contributed by atoms with van der Waals surface area (Å²) in [5.74, 6) is -2.17. The summed E-state index contributed by atoms with van der Waals surface area (Å²) in [5, 5.41) is 0. The van der Waals surface area contributed by atoms with Crippen molar-refractivity contribution in [2.45, 2.75) is 45.4 Å². The predicted molar refractivity (Wildman–Crippen MR) is 57.5 cm³/mol. The lowest BCUT2D eigenvalue weighted by atomic mass is 10.1. The van der Waals surface area contributed by atoms with Gasteiger partial charge in [0.15, 0.2) is 12.3 Å². The first-order valence-corrected chi connectivity index (χ1v) is 5.58. The summed E-state index contributed by atoms with van der Waals surface area (Å²) >= 11 is 0. The molecule has 0 N–H and O–H groups in total. The quantitative estimate of drug-likeness (QED) is 0.534. The van der Waals surface area contributed by atoms with Gasteiger partial charge >= 0.3 is 17.9 Å². The van der Waals surface area contributed by atoms with Crippen molar-refractivity contribution in [3.05, 3.63) is 0 Å². The molecule has 1 heterocycles.